The maximum absolute atomic E-state index is 12.6. The van der Waals surface area contributed by atoms with E-state index in [0.717, 1.165) is 0 Å². The van der Waals surface area contributed by atoms with Gasteiger partial charge in [0.05, 0.1) is 28.9 Å². The van der Waals surface area contributed by atoms with Crippen LogP contribution in [0.1, 0.15) is 18.7 Å². The number of benzene rings is 1. The molecule has 0 radical (unpaired) electrons. The van der Waals surface area contributed by atoms with E-state index >= 15 is 0 Å². The van der Waals surface area contributed by atoms with Crippen LogP contribution in [0.2, 0.25) is 10.0 Å². The molecule has 130 valence electrons. The van der Waals surface area contributed by atoms with Crippen LogP contribution in [0, 0.1) is 6.92 Å². The Labute approximate surface area is 155 Å². The van der Waals surface area contributed by atoms with Crippen LogP contribution in [0.5, 0.6) is 0 Å². The van der Waals surface area contributed by atoms with Crippen molar-refractivity contribution in [2.75, 3.05) is 13.7 Å². The molecule has 2 heterocycles. The van der Waals surface area contributed by atoms with Gasteiger partial charge in [-0.2, -0.15) is 0 Å². The van der Waals surface area contributed by atoms with Crippen LogP contribution < -0.4 is 5.56 Å². The molecule has 0 aliphatic carbocycles. The SMILES string of the molecule is COC[C@H](C)n1c(=O)c(C)nc2c(-c3ccc(Cl)cc3Cl)nccc21. The Kier molecular flexibility index (Phi) is 5.08. The van der Waals surface area contributed by atoms with Gasteiger partial charge in [0.25, 0.3) is 5.56 Å². The number of fused-ring (bicyclic) bond motifs is 1. The quantitative estimate of drug-likeness (QED) is 0.680. The van der Waals surface area contributed by atoms with Crippen LogP contribution in [0.3, 0.4) is 0 Å². The first-order valence-electron chi connectivity index (χ1n) is 7.76. The van der Waals surface area contributed by atoms with E-state index in [2.05, 4.69) is 9.97 Å². The first-order chi connectivity index (χ1) is 11.9. The zero-order chi connectivity index (χ0) is 18.1. The van der Waals surface area contributed by atoms with Crippen LogP contribution >= 0.6 is 23.2 Å². The van der Waals surface area contributed by atoms with Crippen molar-refractivity contribution >= 4 is 34.2 Å². The molecular formula is C18H17Cl2N3O2. The van der Waals surface area contributed by atoms with Gasteiger partial charge < -0.3 is 4.74 Å². The van der Waals surface area contributed by atoms with E-state index in [-0.39, 0.29) is 11.6 Å². The van der Waals surface area contributed by atoms with Crippen molar-refractivity contribution in [1.82, 2.24) is 14.5 Å². The summed E-state index contributed by atoms with van der Waals surface area (Å²) in [6.07, 6.45) is 1.65. The smallest absolute Gasteiger partial charge is 0.272 e. The normalized spacial score (nSPS) is 12.5. The summed E-state index contributed by atoms with van der Waals surface area (Å²) in [5, 5.41) is 1.03. The number of pyridine rings is 1. The Bertz CT molecular complexity index is 1000. The number of aromatic nitrogens is 3. The molecule has 0 bridgehead atoms. The Balaban J connectivity index is 2.35. The lowest BCUT2D eigenvalue weighted by atomic mass is 10.1. The second-order valence-corrected chi connectivity index (χ2v) is 6.67. The highest BCUT2D eigenvalue weighted by atomic mass is 35.5. The summed E-state index contributed by atoms with van der Waals surface area (Å²) < 4.78 is 6.91. The fourth-order valence-electron chi connectivity index (χ4n) is 2.88. The van der Waals surface area contributed by atoms with Gasteiger partial charge in [-0.1, -0.05) is 23.2 Å². The molecule has 0 saturated heterocycles. The highest BCUT2D eigenvalue weighted by molar-refractivity contribution is 6.36. The Morgan fingerprint density at radius 3 is 2.72 bits per heavy atom. The third-order valence-electron chi connectivity index (χ3n) is 4.01. The first-order valence-corrected chi connectivity index (χ1v) is 8.52. The predicted molar refractivity (Wildman–Crippen MR) is 101 cm³/mol. The molecule has 0 N–H and O–H groups in total. The summed E-state index contributed by atoms with van der Waals surface area (Å²) in [4.78, 5) is 21.6. The lowest BCUT2D eigenvalue weighted by Gasteiger charge is -2.18. The van der Waals surface area contributed by atoms with Gasteiger partial charge in [-0.25, -0.2) is 4.98 Å². The van der Waals surface area contributed by atoms with Crippen molar-refractivity contribution < 1.29 is 4.74 Å². The molecule has 0 aliphatic heterocycles. The van der Waals surface area contributed by atoms with Gasteiger partial charge in [0.15, 0.2) is 0 Å². The third kappa shape index (κ3) is 3.27. The number of hydrogen-bond acceptors (Lipinski definition) is 4. The van der Waals surface area contributed by atoms with Gasteiger partial charge >= 0.3 is 0 Å². The fourth-order valence-corrected chi connectivity index (χ4v) is 3.38. The zero-order valence-corrected chi connectivity index (χ0v) is 15.6. The predicted octanol–water partition coefficient (Wildman–Crippen LogP) is 4.28. The number of rotatable bonds is 4. The number of methoxy groups -OCH3 is 1. The number of ether oxygens (including phenoxy) is 1. The zero-order valence-electron chi connectivity index (χ0n) is 14.1. The maximum Gasteiger partial charge on any atom is 0.272 e. The highest BCUT2D eigenvalue weighted by Gasteiger charge is 2.18. The van der Waals surface area contributed by atoms with E-state index in [1.165, 1.54) is 0 Å². The van der Waals surface area contributed by atoms with Gasteiger partial charge in [-0.05, 0) is 38.1 Å². The van der Waals surface area contributed by atoms with E-state index in [9.17, 15) is 4.79 Å². The van der Waals surface area contributed by atoms with Gasteiger partial charge in [0.2, 0.25) is 0 Å². The largest absolute Gasteiger partial charge is 0.383 e. The lowest BCUT2D eigenvalue weighted by molar-refractivity contribution is 0.162. The van der Waals surface area contributed by atoms with Gasteiger partial charge in [-0.15, -0.1) is 0 Å². The minimum Gasteiger partial charge on any atom is -0.383 e. The number of aryl methyl sites for hydroxylation is 1. The Hall–Kier alpha value is -1.95. The summed E-state index contributed by atoms with van der Waals surface area (Å²) in [6, 6.07) is 6.85. The highest BCUT2D eigenvalue weighted by Crippen LogP contribution is 2.32. The van der Waals surface area contributed by atoms with Gasteiger partial charge in [0.1, 0.15) is 11.2 Å². The molecule has 3 aromatic rings. The molecule has 1 aromatic carbocycles. The lowest BCUT2D eigenvalue weighted by Crippen LogP contribution is -2.29. The molecular weight excluding hydrogens is 361 g/mol. The molecule has 3 rings (SSSR count). The molecule has 5 nitrogen and oxygen atoms in total. The van der Waals surface area contributed by atoms with E-state index in [1.807, 2.05) is 6.92 Å². The van der Waals surface area contributed by atoms with E-state index < -0.39 is 0 Å². The molecule has 0 fully saturated rings. The third-order valence-corrected chi connectivity index (χ3v) is 4.55. The average Bonchev–Trinajstić information content (AvgIpc) is 2.56. The van der Waals surface area contributed by atoms with Crippen molar-refractivity contribution in [3.8, 4) is 11.3 Å². The van der Waals surface area contributed by atoms with Crippen LogP contribution in [-0.2, 0) is 4.74 Å². The first kappa shape index (κ1) is 17.9. The maximum atomic E-state index is 12.6. The van der Waals surface area contributed by atoms with Crippen LogP contribution in [0.4, 0.5) is 0 Å². The molecule has 25 heavy (non-hydrogen) atoms. The average molecular weight is 378 g/mol. The summed E-state index contributed by atoms with van der Waals surface area (Å²) in [5.41, 5.74) is 2.89. The minimum atomic E-state index is -0.142. The molecule has 0 saturated carbocycles. The summed E-state index contributed by atoms with van der Waals surface area (Å²) >= 11 is 12.3. The molecule has 0 aliphatic rings. The fraction of sp³-hybridized carbons (Fsp3) is 0.278. The van der Waals surface area contributed by atoms with E-state index in [4.69, 9.17) is 27.9 Å². The standard InChI is InChI=1S/C18H17Cl2N3O2/c1-10(9-25-3)23-15-6-7-21-16(17(15)22-11(2)18(23)24)13-5-4-12(19)8-14(13)20/h4-8,10H,9H2,1-3H3/t10-/m0/s1. The number of nitrogens with zero attached hydrogens (tertiary/aromatic N) is 3. The molecule has 0 unspecified atom stereocenters. The second-order valence-electron chi connectivity index (χ2n) is 5.83. The van der Waals surface area contributed by atoms with E-state index in [0.29, 0.717) is 44.6 Å². The Morgan fingerprint density at radius 2 is 2.04 bits per heavy atom. The Morgan fingerprint density at radius 1 is 1.28 bits per heavy atom. The summed E-state index contributed by atoms with van der Waals surface area (Å²) in [5.74, 6) is 0. The van der Waals surface area contributed by atoms with Gasteiger partial charge in [0, 0.05) is 23.9 Å². The number of halogens is 2. The summed E-state index contributed by atoms with van der Waals surface area (Å²) in [7, 11) is 1.61. The van der Waals surface area contributed by atoms with Crippen LogP contribution in [-0.4, -0.2) is 28.3 Å². The van der Waals surface area contributed by atoms with Crippen molar-refractivity contribution in [3.63, 3.8) is 0 Å². The second kappa shape index (κ2) is 7.12. The van der Waals surface area contributed by atoms with Gasteiger partial charge in [-0.3, -0.25) is 14.3 Å². The summed E-state index contributed by atoms with van der Waals surface area (Å²) in [6.45, 7) is 4.04. The van der Waals surface area contributed by atoms with Crippen molar-refractivity contribution in [3.05, 3.63) is 56.6 Å². The topological polar surface area (TPSA) is 57.0 Å². The van der Waals surface area contributed by atoms with Crippen molar-refractivity contribution in [2.24, 2.45) is 0 Å². The monoisotopic (exact) mass is 377 g/mol. The van der Waals surface area contributed by atoms with Crippen molar-refractivity contribution in [1.29, 1.82) is 0 Å². The minimum absolute atomic E-state index is 0.141. The molecule has 1 atom stereocenters. The van der Waals surface area contributed by atoms with Crippen molar-refractivity contribution in [2.45, 2.75) is 19.9 Å². The number of hydrogen-bond donors (Lipinski definition) is 0. The van der Waals surface area contributed by atoms with Crippen LogP contribution in [0.15, 0.2) is 35.3 Å². The van der Waals surface area contributed by atoms with E-state index in [1.54, 1.807) is 49.1 Å². The molecule has 2 aromatic heterocycles. The molecule has 0 amide bonds. The molecule has 7 heteroatoms. The van der Waals surface area contributed by atoms with Crippen LogP contribution in [0.25, 0.3) is 22.3 Å². The molecule has 0 spiro atoms.